The van der Waals surface area contributed by atoms with Crippen molar-refractivity contribution in [3.05, 3.63) is 28.8 Å². The fourth-order valence-electron chi connectivity index (χ4n) is 5.88. The monoisotopic (exact) mass is 387 g/mol. The summed E-state index contributed by atoms with van der Waals surface area (Å²) in [5, 5.41) is 3.11. The Morgan fingerprint density at radius 1 is 1.08 bits per heavy atom. The Hall–Kier alpha value is -1.43. The summed E-state index contributed by atoms with van der Waals surface area (Å²) in [6, 6.07) is 4.65. The average Bonchev–Trinajstić information content (AvgIpc) is 2.48. The van der Waals surface area contributed by atoms with Crippen molar-refractivity contribution < 1.29 is 22.7 Å². The van der Waals surface area contributed by atoms with E-state index in [1.165, 1.54) is 13.2 Å². The van der Waals surface area contributed by atoms with Crippen LogP contribution in [0.15, 0.2) is 18.2 Å². The predicted octanol–water partition coefficient (Wildman–Crippen LogP) is 4.57. The summed E-state index contributed by atoms with van der Waals surface area (Å²) >= 11 is 5.95. The summed E-state index contributed by atoms with van der Waals surface area (Å²) < 4.78 is 50.2. The molecule has 4 aliphatic rings. The molecule has 0 atom stereocenters. The highest BCUT2D eigenvalue weighted by atomic mass is 35.5. The number of carbonyl (C=O) groups is 1. The number of alkyl halides is 3. The van der Waals surface area contributed by atoms with E-state index in [2.05, 4.69) is 5.32 Å². The van der Waals surface area contributed by atoms with Gasteiger partial charge in [0.25, 0.3) is 5.91 Å². The molecule has 5 rings (SSSR count). The number of carbonyl (C=O) groups excluding carboxylic acids is 1. The quantitative estimate of drug-likeness (QED) is 0.821. The summed E-state index contributed by atoms with van der Waals surface area (Å²) in [6.45, 7) is 0.0323. The molecule has 1 N–H and O–H groups in total. The Balaban J connectivity index is 1.55. The van der Waals surface area contributed by atoms with Crippen LogP contribution >= 0.6 is 11.6 Å². The summed E-state index contributed by atoms with van der Waals surface area (Å²) in [6.07, 6.45) is -0.435. The minimum Gasteiger partial charge on any atom is -0.496 e. The van der Waals surface area contributed by atoms with Crippen molar-refractivity contribution in [2.75, 3.05) is 13.7 Å². The van der Waals surface area contributed by atoms with Crippen molar-refractivity contribution in [3.63, 3.8) is 0 Å². The molecule has 7 heteroatoms. The largest absolute Gasteiger partial charge is 0.496 e. The molecule has 1 amide bonds. The van der Waals surface area contributed by atoms with Gasteiger partial charge < -0.3 is 10.1 Å². The number of hydrogen-bond acceptors (Lipinski definition) is 2. The second kappa shape index (κ2) is 5.54. The second-order valence-electron chi connectivity index (χ2n) is 8.54. The molecule has 1 aromatic carbocycles. The molecule has 3 nitrogen and oxygen atoms in total. The van der Waals surface area contributed by atoms with Crippen molar-refractivity contribution >= 4 is 17.5 Å². The Bertz CT molecular complexity index is 718. The zero-order chi connectivity index (χ0) is 18.8. The Labute approximate surface area is 155 Å². The Kier molecular flexibility index (Phi) is 3.82. The lowest BCUT2D eigenvalue weighted by Crippen LogP contribution is -2.67. The van der Waals surface area contributed by atoms with Crippen LogP contribution in [0.2, 0.25) is 5.02 Å². The zero-order valence-corrected chi connectivity index (χ0v) is 15.3. The number of ether oxygens (including phenoxy) is 1. The smallest absolute Gasteiger partial charge is 0.255 e. The average molecular weight is 388 g/mol. The molecule has 0 saturated heterocycles. The highest BCUT2D eigenvalue weighted by molar-refractivity contribution is 6.31. The van der Waals surface area contributed by atoms with Gasteiger partial charge in [0, 0.05) is 30.8 Å². The fraction of sp³-hybridized carbons (Fsp3) is 0.632. The van der Waals surface area contributed by atoms with Gasteiger partial charge in [-0.05, 0) is 42.9 Å². The molecule has 1 aromatic rings. The number of methoxy groups -OCH3 is 1. The van der Waals surface area contributed by atoms with Gasteiger partial charge in [-0.3, -0.25) is 4.79 Å². The van der Waals surface area contributed by atoms with Crippen molar-refractivity contribution in [3.8, 4) is 5.75 Å². The molecule has 4 saturated carbocycles. The predicted molar refractivity (Wildman–Crippen MR) is 92.0 cm³/mol. The van der Waals surface area contributed by atoms with E-state index >= 15 is 13.2 Å². The number of rotatable bonds is 4. The lowest BCUT2D eigenvalue weighted by Gasteiger charge is -2.63. The molecule has 0 radical (unpaired) electrons. The molecule has 4 aliphatic carbocycles. The van der Waals surface area contributed by atoms with Crippen molar-refractivity contribution in [1.29, 1.82) is 0 Å². The molecule has 4 fully saturated rings. The molecule has 0 aromatic heterocycles. The van der Waals surface area contributed by atoms with Gasteiger partial charge in [0.15, 0.2) is 0 Å². The first-order valence-corrected chi connectivity index (χ1v) is 9.14. The van der Waals surface area contributed by atoms with E-state index in [4.69, 9.17) is 16.3 Å². The minimum absolute atomic E-state index is 0.0323. The van der Waals surface area contributed by atoms with Crippen LogP contribution in [0.3, 0.4) is 0 Å². The van der Waals surface area contributed by atoms with Crippen LogP contribution in [0.25, 0.3) is 0 Å². The van der Waals surface area contributed by atoms with Gasteiger partial charge >= 0.3 is 0 Å². The first-order valence-electron chi connectivity index (χ1n) is 8.76. The van der Waals surface area contributed by atoms with Crippen LogP contribution in [0.5, 0.6) is 5.75 Å². The topological polar surface area (TPSA) is 38.3 Å². The van der Waals surface area contributed by atoms with Gasteiger partial charge in [-0.25, -0.2) is 13.2 Å². The van der Waals surface area contributed by atoms with E-state index in [1.807, 2.05) is 0 Å². The van der Waals surface area contributed by atoms with E-state index in [0.29, 0.717) is 10.8 Å². The van der Waals surface area contributed by atoms with Crippen LogP contribution in [-0.2, 0) is 0 Å². The van der Waals surface area contributed by atoms with Crippen LogP contribution in [0, 0.1) is 5.41 Å². The van der Waals surface area contributed by atoms with E-state index in [9.17, 15) is 4.79 Å². The number of benzene rings is 1. The first kappa shape index (κ1) is 18.0. The normalized spacial score (nSPS) is 40.5. The van der Waals surface area contributed by atoms with Gasteiger partial charge in [0.1, 0.15) is 22.8 Å². The number of hydrogen-bond donors (Lipinski definition) is 1. The molecule has 0 aliphatic heterocycles. The van der Waals surface area contributed by atoms with Crippen LogP contribution < -0.4 is 10.1 Å². The Morgan fingerprint density at radius 3 is 2.12 bits per heavy atom. The zero-order valence-electron chi connectivity index (χ0n) is 14.5. The second-order valence-corrected chi connectivity index (χ2v) is 8.98. The SMILES string of the molecule is COc1ccc(Cl)cc1C(=O)NCC12CC3(F)CC(F)(CC(F)(C3)C1)C2. The maximum Gasteiger partial charge on any atom is 0.255 e. The van der Waals surface area contributed by atoms with Crippen LogP contribution in [-0.4, -0.2) is 36.6 Å². The summed E-state index contributed by atoms with van der Waals surface area (Å²) in [4.78, 5) is 12.6. The van der Waals surface area contributed by atoms with Crippen LogP contribution in [0.4, 0.5) is 13.2 Å². The summed E-state index contributed by atoms with van der Waals surface area (Å²) in [5.41, 5.74) is -6.12. The summed E-state index contributed by atoms with van der Waals surface area (Å²) in [7, 11) is 1.44. The van der Waals surface area contributed by atoms with Crippen molar-refractivity contribution in [1.82, 2.24) is 5.32 Å². The van der Waals surface area contributed by atoms with Gasteiger partial charge in [0.05, 0.1) is 12.7 Å². The molecule has 0 unspecified atom stereocenters. The van der Waals surface area contributed by atoms with E-state index in [1.54, 1.807) is 12.1 Å². The fourth-order valence-corrected chi connectivity index (χ4v) is 6.05. The minimum atomic E-state index is -1.82. The van der Waals surface area contributed by atoms with E-state index < -0.39 is 28.3 Å². The lowest BCUT2D eigenvalue weighted by molar-refractivity contribution is -0.214. The third kappa shape index (κ3) is 2.96. The highest BCUT2D eigenvalue weighted by Crippen LogP contribution is 2.67. The Morgan fingerprint density at radius 2 is 1.62 bits per heavy atom. The maximum atomic E-state index is 15.0. The molecular formula is C19H21ClF3NO2. The van der Waals surface area contributed by atoms with Crippen LogP contribution in [0.1, 0.15) is 48.9 Å². The molecule has 26 heavy (non-hydrogen) atoms. The molecule has 142 valence electrons. The molecular weight excluding hydrogens is 367 g/mol. The van der Waals surface area contributed by atoms with Crippen molar-refractivity contribution in [2.24, 2.45) is 5.41 Å². The van der Waals surface area contributed by atoms with Crippen molar-refractivity contribution in [2.45, 2.75) is 55.5 Å². The number of amides is 1. The maximum absolute atomic E-state index is 15.0. The molecule has 0 spiro atoms. The van der Waals surface area contributed by atoms with Gasteiger partial charge in [-0.1, -0.05) is 11.6 Å². The number of halogens is 4. The first-order chi connectivity index (χ1) is 12.1. The van der Waals surface area contributed by atoms with Gasteiger partial charge in [-0.15, -0.1) is 0 Å². The van der Waals surface area contributed by atoms with E-state index in [-0.39, 0.29) is 50.6 Å². The third-order valence-electron chi connectivity index (χ3n) is 6.01. The highest BCUT2D eigenvalue weighted by Gasteiger charge is 2.70. The van der Waals surface area contributed by atoms with Gasteiger partial charge in [0.2, 0.25) is 0 Å². The van der Waals surface area contributed by atoms with Gasteiger partial charge in [-0.2, -0.15) is 0 Å². The van der Waals surface area contributed by atoms with E-state index in [0.717, 1.165) is 0 Å². The lowest BCUT2D eigenvalue weighted by atomic mass is 9.46. The molecule has 0 heterocycles. The summed E-state index contributed by atoms with van der Waals surface area (Å²) in [5.74, 6) is -0.0999. The third-order valence-corrected chi connectivity index (χ3v) is 6.24. The standard InChI is InChI=1S/C19H21ClF3NO2/c1-26-14-3-2-12(20)4-13(14)15(25)24-11-16-5-17(21)8-18(22,6-16)10-19(23,7-16)9-17/h2-4H,5-11H2,1H3,(H,24,25). The molecule has 4 bridgehead atoms. The number of nitrogens with one attached hydrogen (secondary N) is 1.